The van der Waals surface area contributed by atoms with Crippen LogP contribution in [-0.2, 0) is 0 Å². The van der Waals surface area contributed by atoms with Gasteiger partial charge in [-0.15, -0.1) is 0 Å². The Morgan fingerprint density at radius 3 is 1.80 bits per heavy atom. The number of nitrogens with two attached hydrogens (primary N) is 1. The van der Waals surface area contributed by atoms with Crippen molar-refractivity contribution >= 4 is 5.69 Å². The maximum Gasteiger partial charge on any atom is 0.0314 e. The van der Waals surface area contributed by atoms with E-state index in [9.17, 15) is 0 Å². The van der Waals surface area contributed by atoms with Gasteiger partial charge in [-0.2, -0.15) is 0 Å². The van der Waals surface area contributed by atoms with Crippen LogP contribution in [0.1, 0.15) is 11.1 Å². The number of hydrogen-bond donors (Lipinski definition) is 1. The van der Waals surface area contributed by atoms with Gasteiger partial charge in [0.25, 0.3) is 0 Å². The zero-order chi connectivity index (χ0) is 10.8. The molecule has 0 unspecified atom stereocenters. The van der Waals surface area contributed by atoms with Gasteiger partial charge in [0, 0.05) is 5.69 Å². The maximum absolute atomic E-state index is 5.66. The lowest BCUT2D eigenvalue weighted by Gasteiger charge is -2.05. The highest BCUT2D eigenvalue weighted by atomic mass is 14.5. The Bertz CT molecular complexity index is 449. The molecule has 1 heteroatoms. The van der Waals surface area contributed by atoms with E-state index in [1.54, 1.807) is 0 Å². The highest BCUT2D eigenvalue weighted by Gasteiger charge is 1.98. The predicted molar refractivity (Wildman–Crippen MR) is 65.8 cm³/mol. The molecule has 15 heavy (non-hydrogen) atoms. The molecule has 0 heterocycles. The molecule has 2 aromatic rings. The molecule has 0 amide bonds. The zero-order valence-electron chi connectivity index (χ0n) is 9.12. The van der Waals surface area contributed by atoms with Gasteiger partial charge in [0.2, 0.25) is 0 Å². The number of nitrogen functional groups attached to an aromatic ring is 1. The Kier molecular flexibility index (Phi) is 2.46. The first-order valence-corrected chi connectivity index (χ1v) is 5.09. The molecule has 76 valence electrons. The van der Waals surface area contributed by atoms with Crippen molar-refractivity contribution in [3.63, 3.8) is 0 Å². The SMILES string of the molecule is Cc1cc(C)cc(-c2ccc(N)cc2)c1. The Balaban J connectivity index is 2.49. The molecule has 2 N–H and O–H groups in total. The van der Waals surface area contributed by atoms with Gasteiger partial charge in [0.1, 0.15) is 0 Å². The number of aryl methyl sites for hydroxylation is 2. The van der Waals surface area contributed by atoms with E-state index in [1.165, 1.54) is 22.3 Å². The zero-order valence-corrected chi connectivity index (χ0v) is 9.12. The van der Waals surface area contributed by atoms with Crippen molar-refractivity contribution in [2.75, 3.05) is 5.73 Å². The van der Waals surface area contributed by atoms with E-state index in [0.717, 1.165) is 5.69 Å². The summed E-state index contributed by atoms with van der Waals surface area (Å²) in [5.74, 6) is 0. The maximum atomic E-state index is 5.66. The standard InChI is InChI=1S/C14H15N/c1-10-7-11(2)9-13(8-10)12-3-5-14(15)6-4-12/h3-9H,15H2,1-2H3. The van der Waals surface area contributed by atoms with Crippen LogP contribution >= 0.6 is 0 Å². The number of benzene rings is 2. The average Bonchev–Trinajstić information content (AvgIpc) is 2.17. The summed E-state index contributed by atoms with van der Waals surface area (Å²) in [6.45, 7) is 4.24. The van der Waals surface area contributed by atoms with Gasteiger partial charge in [0.15, 0.2) is 0 Å². The van der Waals surface area contributed by atoms with Crippen LogP contribution in [0.2, 0.25) is 0 Å². The first-order chi connectivity index (χ1) is 7.15. The van der Waals surface area contributed by atoms with E-state index in [4.69, 9.17) is 5.73 Å². The van der Waals surface area contributed by atoms with Crippen LogP contribution in [0.4, 0.5) is 5.69 Å². The molecule has 1 nitrogen and oxygen atoms in total. The Labute approximate surface area is 90.6 Å². The minimum atomic E-state index is 0.808. The van der Waals surface area contributed by atoms with Gasteiger partial charge < -0.3 is 5.73 Å². The van der Waals surface area contributed by atoms with E-state index in [0.29, 0.717) is 0 Å². The van der Waals surface area contributed by atoms with E-state index in [1.807, 2.05) is 12.1 Å². The van der Waals surface area contributed by atoms with Crippen LogP contribution in [0.3, 0.4) is 0 Å². The molecule has 0 fully saturated rings. The van der Waals surface area contributed by atoms with E-state index in [-0.39, 0.29) is 0 Å². The second-order valence-electron chi connectivity index (χ2n) is 4.00. The summed E-state index contributed by atoms with van der Waals surface area (Å²) in [5.41, 5.74) is 11.5. The van der Waals surface area contributed by atoms with Gasteiger partial charge in [-0.05, 0) is 37.1 Å². The fraction of sp³-hybridized carbons (Fsp3) is 0.143. The number of rotatable bonds is 1. The summed E-state index contributed by atoms with van der Waals surface area (Å²) in [6.07, 6.45) is 0. The molecule has 0 radical (unpaired) electrons. The van der Waals surface area contributed by atoms with Gasteiger partial charge in [-0.3, -0.25) is 0 Å². The van der Waals surface area contributed by atoms with Crippen LogP contribution in [-0.4, -0.2) is 0 Å². The van der Waals surface area contributed by atoms with Crippen LogP contribution < -0.4 is 5.73 Å². The molecule has 0 aliphatic rings. The minimum absolute atomic E-state index is 0.808. The summed E-state index contributed by atoms with van der Waals surface area (Å²) in [4.78, 5) is 0. The molecular weight excluding hydrogens is 182 g/mol. The minimum Gasteiger partial charge on any atom is -0.399 e. The van der Waals surface area contributed by atoms with Crippen molar-refractivity contribution in [2.24, 2.45) is 0 Å². The highest BCUT2D eigenvalue weighted by Crippen LogP contribution is 2.22. The number of hydrogen-bond acceptors (Lipinski definition) is 1. The molecule has 0 spiro atoms. The molecule has 0 bridgehead atoms. The molecule has 0 aliphatic heterocycles. The monoisotopic (exact) mass is 197 g/mol. The lowest BCUT2D eigenvalue weighted by Crippen LogP contribution is -1.85. The third-order valence-electron chi connectivity index (χ3n) is 2.47. The fourth-order valence-corrected chi connectivity index (χ4v) is 1.82. The molecular formula is C14H15N. The van der Waals surface area contributed by atoms with Gasteiger partial charge in [-0.25, -0.2) is 0 Å². The second kappa shape index (κ2) is 3.77. The molecule has 2 rings (SSSR count). The Hall–Kier alpha value is -1.76. The summed E-state index contributed by atoms with van der Waals surface area (Å²) >= 11 is 0. The van der Waals surface area contributed by atoms with Crippen molar-refractivity contribution in [2.45, 2.75) is 13.8 Å². The van der Waals surface area contributed by atoms with Crippen molar-refractivity contribution in [3.05, 3.63) is 53.6 Å². The largest absolute Gasteiger partial charge is 0.399 e. The molecule has 0 atom stereocenters. The van der Waals surface area contributed by atoms with Crippen molar-refractivity contribution in [3.8, 4) is 11.1 Å². The molecule has 0 saturated heterocycles. The average molecular weight is 197 g/mol. The van der Waals surface area contributed by atoms with Crippen LogP contribution in [0.5, 0.6) is 0 Å². The van der Waals surface area contributed by atoms with Gasteiger partial charge in [0.05, 0.1) is 0 Å². The normalized spacial score (nSPS) is 10.3. The van der Waals surface area contributed by atoms with Gasteiger partial charge >= 0.3 is 0 Å². The summed E-state index contributed by atoms with van der Waals surface area (Å²) in [7, 11) is 0. The molecule has 0 aliphatic carbocycles. The van der Waals surface area contributed by atoms with Crippen molar-refractivity contribution in [1.82, 2.24) is 0 Å². The fourth-order valence-electron chi connectivity index (χ4n) is 1.82. The van der Waals surface area contributed by atoms with Crippen molar-refractivity contribution in [1.29, 1.82) is 0 Å². The Morgan fingerprint density at radius 1 is 0.733 bits per heavy atom. The summed E-state index contributed by atoms with van der Waals surface area (Å²) < 4.78 is 0. The van der Waals surface area contributed by atoms with Crippen LogP contribution in [0, 0.1) is 13.8 Å². The quantitative estimate of drug-likeness (QED) is 0.695. The third kappa shape index (κ3) is 2.18. The highest BCUT2D eigenvalue weighted by molar-refractivity contribution is 5.66. The molecule has 2 aromatic carbocycles. The smallest absolute Gasteiger partial charge is 0.0314 e. The topological polar surface area (TPSA) is 26.0 Å². The summed E-state index contributed by atoms with van der Waals surface area (Å²) in [5, 5.41) is 0. The van der Waals surface area contributed by atoms with E-state index in [2.05, 4.69) is 44.2 Å². The summed E-state index contributed by atoms with van der Waals surface area (Å²) in [6, 6.07) is 14.6. The molecule has 0 aromatic heterocycles. The third-order valence-corrected chi connectivity index (χ3v) is 2.47. The van der Waals surface area contributed by atoms with E-state index >= 15 is 0 Å². The lowest BCUT2D eigenvalue weighted by molar-refractivity contribution is 1.38. The Morgan fingerprint density at radius 2 is 1.27 bits per heavy atom. The van der Waals surface area contributed by atoms with E-state index < -0.39 is 0 Å². The van der Waals surface area contributed by atoms with Gasteiger partial charge in [-0.1, -0.05) is 41.5 Å². The second-order valence-corrected chi connectivity index (χ2v) is 4.00. The first-order valence-electron chi connectivity index (χ1n) is 5.09. The van der Waals surface area contributed by atoms with Crippen LogP contribution in [0.25, 0.3) is 11.1 Å². The lowest BCUT2D eigenvalue weighted by atomic mass is 10.0. The predicted octanol–water partition coefficient (Wildman–Crippen LogP) is 3.55. The first kappa shape index (κ1) is 9.78. The number of anilines is 1. The van der Waals surface area contributed by atoms with Crippen molar-refractivity contribution < 1.29 is 0 Å². The van der Waals surface area contributed by atoms with Crippen LogP contribution in [0.15, 0.2) is 42.5 Å². The molecule has 0 saturated carbocycles.